The SMILES string of the molecule is O=C(O)c1ccc(F)c(SCC#Cc2ccccc2)c1. The summed E-state index contributed by atoms with van der Waals surface area (Å²) in [6.45, 7) is 0. The van der Waals surface area contributed by atoms with Crippen molar-refractivity contribution >= 4 is 17.7 Å². The molecule has 0 spiro atoms. The van der Waals surface area contributed by atoms with Crippen LogP contribution in [0.25, 0.3) is 0 Å². The van der Waals surface area contributed by atoms with E-state index < -0.39 is 11.8 Å². The van der Waals surface area contributed by atoms with Crippen molar-refractivity contribution in [2.24, 2.45) is 0 Å². The van der Waals surface area contributed by atoms with Crippen molar-refractivity contribution in [3.63, 3.8) is 0 Å². The lowest BCUT2D eigenvalue weighted by atomic mass is 10.2. The van der Waals surface area contributed by atoms with Gasteiger partial charge in [0.1, 0.15) is 5.82 Å². The molecule has 2 aromatic carbocycles. The Morgan fingerprint density at radius 2 is 1.95 bits per heavy atom. The number of thioether (sulfide) groups is 1. The molecule has 1 N–H and O–H groups in total. The Kier molecular flexibility index (Phi) is 4.80. The van der Waals surface area contributed by atoms with Gasteiger partial charge >= 0.3 is 5.97 Å². The average Bonchev–Trinajstić information content (AvgIpc) is 2.46. The molecule has 0 unspecified atom stereocenters. The molecule has 0 aliphatic carbocycles. The van der Waals surface area contributed by atoms with Crippen molar-refractivity contribution in [2.75, 3.05) is 5.75 Å². The van der Waals surface area contributed by atoms with Gasteiger partial charge in [-0.2, -0.15) is 0 Å². The number of rotatable bonds is 3. The standard InChI is InChI=1S/C16H11FO2S/c17-14-9-8-13(16(18)19)11-15(14)20-10-4-7-12-5-2-1-3-6-12/h1-3,5-6,8-9,11H,10H2,(H,18,19). The molecule has 4 heteroatoms. The summed E-state index contributed by atoms with van der Waals surface area (Å²) < 4.78 is 13.5. The van der Waals surface area contributed by atoms with Crippen LogP contribution >= 0.6 is 11.8 Å². The first-order chi connectivity index (χ1) is 9.66. The van der Waals surface area contributed by atoms with Crippen LogP contribution in [0.4, 0.5) is 4.39 Å². The molecule has 0 saturated heterocycles. The number of benzene rings is 2. The monoisotopic (exact) mass is 286 g/mol. The van der Waals surface area contributed by atoms with Gasteiger partial charge in [0.05, 0.1) is 11.3 Å². The molecule has 0 aromatic heterocycles. The van der Waals surface area contributed by atoms with Crippen LogP contribution in [0.5, 0.6) is 0 Å². The number of aromatic carboxylic acids is 1. The van der Waals surface area contributed by atoms with Gasteiger partial charge in [0, 0.05) is 10.5 Å². The number of carboxylic acid groups (broad SMARTS) is 1. The second-order valence-electron chi connectivity index (χ2n) is 3.91. The van der Waals surface area contributed by atoms with E-state index in [1.54, 1.807) is 0 Å². The molecule has 0 radical (unpaired) electrons. The highest BCUT2D eigenvalue weighted by atomic mass is 32.2. The third kappa shape index (κ3) is 3.87. The predicted octanol–water partition coefficient (Wildman–Crippen LogP) is 3.67. The van der Waals surface area contributed by atoms with E-state index in [2.05, 4.69) is 11.8 Å². The van der Waals surface area contributed by atoms with Crippen molar-refractivity contribution < 1.29 is 14.3 Å². The maximum atomic E-state index is 13.5. The van der Waals surface area contributed by atoms with E-state index in [1.165, 1.54) is 23.9 Å². The Labute approximate surface area is 120 Å². The molecule has 0 saturated carbocycles. The van der Waals surface area contributed by atoms with Gasteiger partial charge in [0.15, 0.2) is 0 Å². The molecule has 2 aromatic rings. The maximum absolute atomic E-state index is 13.5. The highest BCUT2D eigenvalue weighted by molar-refractivity contribution is 7.99. The molecular weight excluding hydrogens is 275 g/mol. The first kappa shape index (κ1) is 14.2. The molecule has 0 amide bonds. The van der Waals surface area contributed by atoms with Crippen molar-refractivity contribution in [1.29, 1.82) is 0 Å². The van der Waals surface area contributed by atoms with Crippen LogP contribution in [0.2, 0.25) is 0 Å². The van der Waals surface area contributed by atoms with Gasteiger partial charge in [-0.15, -0.1) is 11.8 Å². The van der Waals surface area contributed by atoms with E-state index in [0.29, 0.717) is 10.6 Å². The van der Waals surface area contributed by atoms with E-state index in [1.807, 2.05) is 30.3 Å². The number of carboxylic acids is 1. The summed E-state index contributed by atoms with van der Waals surface area (Å²) in [5, 5.41) is 8.86. The highest BCUT2D eigenvalue weighted by Crippen LogP contribution is 2.22. The Balaban J connectivity index is 2.03. The summed E-state index contributed by atoms with van der Waals surface area (Å²) in [7, 11) is 0. The van der Waals surface area contributed by atoms with Crippen LogP contribution in [-0.4, -0.2) is 16.8 Å². The molecule has 20 heavy (non-hydrogen) atoms. The molecule has 100 valence electrons. The van der Waals surface area contributed by atoms with Crippen LogP contribution in [-0.2, 0) is 0 Å². The summed E-state index contributed by atoms with van der Waals surface area (Å²) in [5.41, 5.74) is 0.970. The fraction of sp³-hybridized carbons (Fsp3) is 0.0625. The van der Waals surface area contributed by atoms with E-state index in [4.69, 9.17) is 5.11 Å². The highest BCUT2D eigenvalue weighted by Gasteiger charge is 2.08. The Bertz CT molecular complexity index is 672. The second kappa shape index (κ2) is 6.78. The molecule has 0 fully saturated rings. The molecule has 0 aliphatic rings. The summed E-state index contributed by atoms with van der Waals surface area (Å²) in [4.78, 5) is 11.1. The fourth-order valence-corrected chi connectivity index (χ4v) is 2.24. The van der Waals surface area contributed by atoms with Crippen LogP contribution in [0.15, 0.2) is 53.4 Å². The van der Waals surface area contributed by atoms with Crippen LogP contribution < -0.4 is 0 Å². The smallest absolute Gasteiger partial charge is 0.335 e. The average molecular weight is 286 g/mol. The molecule has 0 bridgehead atoms. The molecule has 2 rings (SSSR count). The topological polar surface area (TPSA) is 37.3 Å². The van der Waals surface area contributed by atoms with Gasteiger partial charge in [-0.05, 0) is 30.3 Å². The first-order valence-electron chi connectivity index (χ1n) is 5.86. The van der Waals surface area contributed by atoms with E-state index in [-0.39, 0.29) is 5.56 Å². The van der Waals surface area contributed by atoms with Crippen LogP contribution in [0, 0.1) is 17.7 Å². The summed E-state index contributed by atoms with van der Waals surface area (Å²) in [5.74, 6) is 4.79. The lowest BCUT2D eigenvalue weighted by Gasteiger charge is -2.01. The normalized spacial score (nSPS) is 9.65. The zero-order chi connectivity index (χ0) is 14.4. The number of carbonyl (C=O) groups is 1. The van der Waals surface area contributed by atoms with Gasteiger partial charge in [0.2, 0.25) is 0 Å². The van der Waals surface area contributed by atoms with Gasteiger partial charge in [0.25, 0.3) is 0 Å². The van der Waals surface area contributed by atoms with Crippen LogP contribution in [0.1, 0.15) is 15.9 Å². The van der Waals surface area contributed by atoms with E-state index in [9.17, 15) is 9.18 Å². The molecule has 0 aliphatic heterocycles. The Hall–Kier alpha value is -2.25. The third-order valence-corrected chi connectivity index (χ3v) is 3.40. The molecule has 2 nitrogen and oxygen atoms in total. The van der Waals surface area contributed by atoms with Gasteiger partial charge < -0.3 is 5.11 Å². The summed E-state index contributed by atoms with van der Waals surface area (Å²) in [6.07, 6.45) is 0. The van der Waals surface area contributed by atoms with Crippen molar-refractivity contribution in [1.82, 2.24) is 0 Å². The minimum atomic E-state index is -1.07. The second-order valence-corrected chi connectivity index (χ2v) is 4.92. The largest absolute Gasteiger partial charge is 0.478 e. The maximum Gasteiger partial charge on any atom is 0.335 e. The minimum absolute atomic E-state index is 0.0740. The zero-order valence-corrected chi connectivity index (χ0v) is 11.3. The van der Waals surface area contributed by atoms with Crippen LogP contribution in [0.3, 0.4) is 0 Å². The summed E-state index contributed by atoms with van der Waals surface area (Å²) in [6, 6.07) is 13.2. The van der Waals surface area contributed by atoms with Gasteiger partial charge in [-0.25, -0.2) is 9.18 Å². The Morgan fingerprint density at radius 1 is 1.20 bits per heavy atom. The predicted molar refractivity (Wildman–Crippen MR) is 77.4 cm³/mol. The van der Waals surface area contributed by atoms with Crippen molar-refractivity contribution in [3.8, 4) is 11.8 Å². The minimum Gasteiger partial charge on any atom is -0.478 e. The molecule has 0 heterocycles. The quantitative estimate of drug-likeness (QED) is 0.691. The fourth-order valence-electron chi connectivity index (χ4n) is 1.52. The molecule has 0 atom stereocenters. The lowest BCUT2D eigenvalue weighted by Crippen LogP contribution is -1.97. The number of halogens is 1. The lowest BCUT2D eigenvalue weighted by molar-refractivity contribution is 0.0696. The summed E-state index contributed by atoms with van der Waals surface area (Å²) >= 11 is 1.19. The van der Waals surface area contributed by atoms with Crippen molar-refractivity contribution in [2.45, 2.75) is 4.90 Å². The van der Waals surface area contributed by atoms with E-state index in [0.717, 1.165) is 11.6 Å². The first-order valence-corrected chi connectivity index (χ1v) is 6.85. The van der Waals surface area contributed by atoms with E-state index >= 15 is 0 Å². The van der Waals surface area contributed by atoms with Crippen molar-refractivity contribution in [3.05, 3.63) is 65.5 Å². The third-order valence-electron chi connectivity index (χ3n) is 2.48. The van der Waals surface area contributed by atoms with Gasteiger partial charge in [-0.3, -0.25) is 0 Å². The van der Waals surface area contributed by atoms with Gasteiger partial charge in [-0.1, -0.05) is 30.0 Å². The number of hydrogen-bond acceptors (Lipinski definition) is 2. The number of hydrogen-bond donors (Lipinski definition) is 1. The Morgan fingerprint density at radius 3 is 2.65 bits per heavy atom. The molecular formula is C16H11FO2S. The zero-order valence-electron chi connectivity index (χ0n) is 10.5.